The summed E-state index contributed by atoms with van der Waals surface area (Å²) in [7, 11) is 1.73. The minimum atomic E-state index is -0.231. The van der Waals surface area contributed by atoms with E-state index < -0.39 is 0 Å². The van der Waals surface area contributed by atoms with E-state index in [1.807, 2.05) is 12.1 Å². The second-order valence-corrected chi connectivity index (χ2v) is 6.40. The highest BCUT2D eigenvalue weighted by molar-refractivity contribution is 5.96. The van der Waals surface area contributed by atoms with Crippen molar-refractivity contribution in [1.29, 1.82) is 0 Å². The summed E-state index contributed by atoms with van der Waals surface area (Å²) in [5.74, 6) is -0.0760. The van der Waals surface area contributed by atoms with E-state index in [0.717, 1.165) is 5.56 Å². The lowest BCUT2D eigenvalue weighted by Crippen LogP contribution is -2.28. The van der Waals surface area contributed by atoms with Crippen LogP contribution in [-0.4, -0.2) is 27.8 Å². The van der Waals surface area contributed by atoms with Crippen LogP contribution >= 0.6 is 0 Å². The lowest BCUT2D eigenvalue weighted by atomic mass is 9.87. The molecule has 0 aliphatic rings. The molecule has 0 spiro atoms. The van der Waals surface area contributed by atoms with Crippen LogP contribution in [0.4, 0.5) is 5.82 Å². The molecule has 1 heterocycles. The summed E-state index contributed by atoms with van der Waals surface area (Å²) >= 11 is 0. The van der Waals surface area contributed by atoms with E-state index in [1.165, 1.54) is 18.0 Å². The van der Waals surface area contributed by atoms with Gasteiger partial charge < -0.3 is 10.6 Å². The van der Waals surface area contributed by atoms with Gasteiger partial charge in [-0.3, -0.25) is 4.79 Å². The molecular weight excluding hydrogens is 276 g/mol. The maximum absolute atomic E-state index is 12.3. The van der Waals surface area contributed by atoms with Crippen molar-refractivity contribution in [1.82, 2.24) is 14.9 Å². The Bertz CT molecular complexity index is 659. The third-order valence-corrected chi connectivity index (χ3v) is 3.52. The topological polar surface area (TPSA) is 72.1 Å². The van der Waals surface area contributed by atoms with E-state index in [0.29, 0.717) is 6.54 Å². The molecule has 1 aromatic carbocycles. The predicted molar refractivity (Wildman–Crippen MR) is 87.4 cm³/mol. The Kier molecular flexibility index (Phi) is 4.45. The molecule has 0 saturated carbocycles. The molecule has 0 unspecified atom stereocenters. The zero-order chi connectivity index (χ0) is 16.3. The summed E-state index contributed by atoms with van der Waals surface area (Å²) in [5, 5.41) is 0. The normalized spacial score (nSPS) is 11.3. The summed E-state index contributed by atoms with van der Waals surface area (Å²) in [5.41, 5.74) is 8.34. The lowest BCUT2D eigenvalue weighted by Gasteiger charge is -2.21. The molecular formula is C17H22N4O. The molecule has 1 amide bonds. The van der Waals surface area contributed by atoms with Gasteiger partial charge in [0.05, 0.1) is 0 Å². The van der Waals surface area contributed by atoms with Gasteiger partial charge in [0.1, 0.15) is 0 Å². The predicted octanol–water partition coefficient (Wildman–Crippen LogP) is 2.63. The molecule has 0 radical (unpaired) electrons. The second-order valence-electron chi connectivity index (χ2n) is 6.40. The Labute approximate surface area is 131 Å². The molecule has 0 aliphatic heterocycles. The number of carbonyl (C=O) groups is 1. The third kappa shape index (κ3) is 3.61. The Morgan fingerprint density at radius 1 is 1.14 bits per heavy atom. The molecule has 2 N–H and O–H groups in total. The molecule has 2 rings (SSSR count). The molecule has 5 nitrogen and oxygen atoms in total. The number of nitrogens with two attached hydrogens (primary N) is 1. The van der Waals surface area contributed by atoms with Crippen LogP contribution in [0.15, 0.2) is 36.7 Å². The van der Waals surface area contributed by atoms with Crippen LogP contribution in [-0.2, 0) is 12.0 Å². The van der Waals surface area contributed by atoms with Gasteiger partial charge in [0.15, 0.2) is 11.5 Å². The van der Waals surface area contributed by atoms with Gasteiger partial charge in [-0.2, -0.15) is 0 Å². The van der Waals surface area contributed by atoms with Crippen LogP contribution in [0.5, 0.6) is 0 Å². The van der Waals surface area contributed by atoms with Gasteiger partial charge in [-0.25, -0.2) is 9.97 Å². The van der Waals surface area contributed by atoms with E-state index in [2.05, 4.69) is 42.9 Å². The maximum atomic E-state index is 12.3. The number of amides is 1. The minimum Gasteiger partial charge on any atom is -0.382 e. The van der Waals surface area contributed by atoms with E-state index in [9.17, 15) is 4.79 Å². The van der Waals surface area contributed by atoms with Crippen LogP contribution in [0.1, 0.15) is 42.4 Å². The van der Waals surface area contributed by atoms with Gasteiger partial charge >= 0.3 is 0 Å². The molecule has 0 atom stereocenters. The van der Waals surface area contributed by atoms with Crippen molar-refractivity contribution in [2.45, 2.75) is 32.7 Å². The van der Waals surface area contributed by atoms with E-state index >= 15 is 0 Å². The van der Waals surface area contributed by atoms with Crippen LogP contribution < -0.4 is 5.73 Å². The van der Waals surface area contributed by atoms with Crippen molar-refractivity contribution in [3.63, 3.8) is 0 Å². The highest BCUT2D eigenvalue weighted by atomic mass is 16.2. The zero-order valence-electron chi connectivity index (χ0n) is 13.5. The first-order chi connectivity index (χ1) is 10.3. The summed E-state index contributed by atoms with van der Waals surface area (Å²) in [4.78, 5) is 21.8. The van der Waals surface area contributed by atoms with Crippen LogP contribution in [0.2, 0.25) is 0 Å². The van der Waals surface area contributed by atoms with Crippen molar-refractivity contribution in [3.05, 3.63) is 53.5 Å². The van der Waals surface area contributed by atoms with Crippen LogP contribution in [0.25, 0.3) is 0 Å². The smallest absolute Gasteiger partial charge is 0.276 e. The second kappa shape index (κ2) is 6.13. The van der Waals surface area contributed by atoms with Crippen molar-refractivity contribution in [3.8, 4) is 0 Å². The number of anilines is 1. The number of hydrogen-bond donors (Lipinski definition) is 1. The monoisotopic (exact) mass is 298 g/mol. The number of hydrogen-bond acceptors (Lipinski definition) is 4. The summed E-state index contributed by atoms with van der Waals surface area (Å²) in [6, 6.07) is 8.30. The Hall–Kier alpha value is -2.43. The van der Waals surface area contributed by atoms with Gasteiger partial charge in [0.2, 0.25) is 0 Å². The Balaban J connectivity index is 2.10. The van der Waals surface area contributed by atoms with E-state index in [-0.39, 0.29) is 22.8 Å². The fourth-order valence-electron chi connectivity index (χ4n) is 2.15. The third-order valence-electron chi connectivity index (χ3n) is 3.52. The number of carbonyl (C=O) groups excluding carboxylic acids is 1. The quantitative estimate of drug-likeness (QED) is 0.945. The Morgan fingerprint density at radius 2 is 1.73 bits per heavy atom. The first kappa shape index (κ1) is 15.9. The van der Waals surface area contributed by atoms with Crippen molar-refractivity contribution in [2.75, 3.05) is 12.8 Å². The molecule has 5 heteroatoms. The number of nitrogens with zero attached hydrogens (tertiary/aromatic N) is 3. The molecule has 22 heavy (non-hydrogen) atoms. The van der Waals surface area contributed by atoms with Crippen molar-refractivity contribution >= 4 is 11.7 Å². The van der Waals surface area contributed by atoms with E-state index in [1.54, 1.807) is 11.9 Å². The largest absolute Gasteiger partial charge is 0.382 e. The standard InChI is InChI=1S/C17H22N4O/c1-17(2,3)13-7-5-12(6-8-13)11-21(4)16(22)14-15(18)20-10-9-19-14/h5-10H,11H2,1-4H3,(H2,18,20). The van der Waals surface area contributed by atoms with E-state index in [4.69, 9.17) is 5.73 Å². The van der Waals surface area contributed by atoms with Gasteiger partial charge in [-0.15, -0.1) is 0 Å². The molecule has 0 aliphatic carbocycles. The highest BCUT2D eigenvalue weighted by Crippen LogP contribution is 2.22. The summed E-state index contributed by atoms with van der Waals surface area (Å²) in [6.45, 7) is 7.02. The van der Waals surface area contributed by atoms with Crippen LogP contribution in [0, 0.1) is 0 Å². The molecule has 1 aromatic heterocycles. The maximum Gasteiger partial charge on any atom is 0.276 e. The Morgan fingerprint density at radius 3 is 2.27 bits per heavy atom. The number of benzene rings is 1. The molecule has 0 bridgehead atoms. The average Bonchev–Trinajstić information content (AvgIpc) is 2.46. The van der Waals surface area contributed by atoms with Gasteiger partial charge in [0.25, 0.3) is 5.91 Å². The highest BCUT2D eigenvalue weighted by Gasteiger charge is 2.18. The molecule has 0 fully saturated rings. The fourth-order valence-corrected chi connectivity index (χ4v) is 2.15. The van der Waals surface area contributed by atoms with Gasteiger partial charge in [-0.05, 0) is 16.5 Å². The first-order valence-electron chi connectivity index (χ1n) is 7.20. The summed E-state index contributed by atoms with van der Waals surface area (Å²) < 4.78 is 0. The minimum absolute atomic E-state index is 0.119. The number of rotatable bonds is 3. The van der Waals surface area contributed by atoms with Crippen molar-refractivity contribution < 1.29 is 4.79 Å². The molecule has 0 saturated heterocycles. The van der Waals surface area contributed by atoms with Crippen molar-refractivity contribution in [2.24, 2.45) is 0 Å². The first-order valence-corrected chi connectivity index (χ1v) is 7.20. The SMILES string of the molecule is CN(Cc1ccc(C(C)(C)C)cc1)C(=O)c1nccnc1N. The lowest BCUT2D eigenvalue weighted by molar-refractivity contribution is 0.0780. The summed E-state index contributed by atoms with van der Waals surface area (Å²) in [6.07, 6.45) is 2.94. The van der Waals surface area contributed by atoms with Gasteiger partial charge in [-0.1, -0.05) is 45.0 Å². The molecule has 2 aromatic rings. The van der Waals surface area contributed by atoms with Gasteiger partial charge in [0, 0.05) is 26.0 Å². The molecule has 116 valence electrons. The fraction of sp³-hybridized carbons (Fsp3) is 0.353. The zero-order valence-corrected chi connectivity index (χ0v) is 13.5. The van der Waals surface area contributed by atoms with Crippen LogP contribution in [0.3, 0.4) is 0 Å². The number of nitrogen functional groups attached to an aromatic ring is 1. The average molecular weight is 298 g/mol. The number of aromatic nitrogens is 2.